The highest BCUT2D eigenvalue weighted by Gasteiger charge is 2.32. The molecule has 0 spiro atoms. The molecule has 2 N–H and O–H groups in total. The van der Waals surface area contributed by atoms with Gasteiger partial charge in [-0.25, -0.2) is 9.69 Å². The van der Waals surface area contributed by atoms with Crippen molar-refractivity contribution in [3.63, 3.8) is 0 Å². The Labute approximate surface area is 103 Å². The predicted octanol–water partition coefficient (Wildman–Crippen LogP) is -0.554. The Morgan fingerprint density at radius 3 is 2.44 bits per heavy atom. The molecule has 0 aromatic carbocycles. The number of carboxylic acid groups (broad SMARTS) is 2. The average Bonchev–Trinajstić information content (AvgIpc) is 2.27. The molecular formula is C10H14N2O6. The van der Waals surface area contributed by atoms with Gasteiger partial charge >= 0.3 is 12.1 Å². The zero-order valence-electron chi connectivity index (χ0n) is 9.83. The van der Waals surface area contributed by atoms with Gasteiger partial charge in [0.15, 0.2) is 0 Å². The molecule has 1 atom stereocenters. The van der Waals surface area contributed by atoms with Crippen LogP contribution in [0.3, 0.4) is 0 Å². The Morgan fingerprint density at radius 1 is 1.33 bits per heavy atom. The number of rotatable bonds is 2. The molecule has 1 unspecified atom stereocenters. The lowest BCUT2D eigenvalue weighted by molar-refractivity contribution is -0.149. The number of carboxylic acids is 1. The molecule has 0 aromatic heterocycles. The summed E-state index contributed by atoms with van der Waals surface area (Å²) in [6, 6.07) is 0. The van der Waals surface area contributed by atoms with Crippen LogP contribution in [-0.2, 0) is 14.4 Å². The van der Waals surface area contributed by atoms with Crippen LogP contribution in [-0.4, -0.2) is 63.5 Å². The molecule has 0 aliphatic carbocycles. The van der Waals surface area contributed by atoms with E-state index in [1.54, 1.807) is 0 Å². The van der Waals surface area contributed by atoms with E-state index < -0.39 is 36.3 Å². The third-order valence-electron chi connectivity index (χ3n) is 2.64. The molecule has 0 saturated carbocycles. The summed E-state index contributed by atoms with van der Waals surface area (Å²) in [5, 5.41) is 17.5. The van der Waals surface area contributed by atoms with E-state index in [4.69, 9.17) is 10.2 Å². The lowest BCUT2D eigenvalue weighted by atomic mass is 10.1. The molecule has 100 valence electrons. The van der Waals surface area contributed by atoms with E-state index in [1.165, 1.54) is 6.92 Å². The van der Waals surface area contributed by atoms with E-state index in [0.717, 1.165) is 4.90 Å². The first-order valence-electron chi connectivity index (χ1n) is 5.36. The van der Waals surface area contributed by atoms with E-state index in [1.807, 2.05) is 0 Å². The summed E-state index contributed by atoms with van der Waals surface area (Å²) < 4.78 is 0. The molecule has 1 saturated heterocycles. The van der Waals surface area contributed by atoms with Crippen molar-refractivity contribution in [2.24, 2.45) is 5.92 Å². The number of carbonyl (C=O) groups is 4. The van der Waals surface area contributed by atoms with Gasteiger partial charge in [0, 0.05) is 19.5 Å². The first kappa shape index (κ1) is 13.9. The molecule has 8 nitrogen and oxygen atoms in total. The van der Waals surface area contributed by atoms with Crippen LogP contribution in [0.2, 0.25) is 0 Å². The van der Waals surface area contributed by atoms with Gasteiger partial charge in [0.2, 0.25) is 11.8 Å². The zero-order chi connectivity index (χ0) is 13.9. The van der Waals surface area contributed by atoms with Crippen molar-refractivity contribution in [2.45, 2.75) is 13.3 Å². The highest BCUT2D eigenvalue weighted by atomic mass is 16.4. The summed E-state index contributed by atoms with van der Waals surface area (Å²) >= 11 is 0. The molecule has 3 amide bonds. The van der Waals surface area contributed by atoms with Gasteiger partial charge in [0.25, 0.3) is 0 Å². The summed E-state index contributed by atoms with van der Waals surface area (Å²) in [4.78, 5) is 46.5. The van der Waals surface area contributed by atoms with Gasteiger partial charge in [-0.1, -0.05) is 6.92 Å². The lowest BCUT2D eigenvalue weighted by Crippen LogP contribution is -2.49. The van der Waals surface area contributed by atoms with Crippen molar-refractivity contribution >= 4 is 23.9 Å². The van der Waals surface area contributed by atoms with E-state index >= 15 is 0 Å². The summed E-state index contributed by atoms with van der Waals surface area (Å²) in [5.41, 5.74) is 0. The predicted molar refractivity (Wildman–Crippen MR) is 57.7 cm³/mol. The van der Waals surface area contributed by atoms with Gasteiger partial charge in [-0.2, -0.15) is 0 Å². The quantitative estimate of drug-likeness (QED) is 0.686. The van der Waals surface area contributed by atoms with Gasteiger partial charge in [0.1, 0.15) is 6.54 Å². The fourth-order valence-electron chi connectivity index (χ4n) is 1.75. The van der Waals surface area contributed by atoms with Crippen LogP contribution >= 0.6 is 0 Å². The Hall–Kier alpha value is -2.12. The van der Waals surface area contributed by atoms with Gasteiger partial charge < -0.3 is 15.1 Å². The van der Waals surface area contributed by atoms with Crippen molar-refractivity contribution in [3.05, 3.63) is 0 Å². The van der Waals surface area contributed by atoms with Gasteiger partial charge in [0.05, 0.1) is 5.92 Å². The number of nitrogens with zero attached hydrogens (tertiary/aromatic N) is 2. The van der Waals surface area contributed by atoms with E-state index in [9.17, 15) is 19.2 Å². The second-order valence-electron chi connectivity index (χ2n) is 4.09. The van der Waals surface area contributed by atoms with Gasteiger partial charge in [-0.15, -0.1) is 0 Å². The number of aliphatic carboxylic acids is 1. The van der Waals surface area contributed by atoms with Gasteiger partial charge in [-0.3, -0.25) is 14.4 Å². The minimum absolute atomic E-state index is 0.0852. The third-order valence-corrected chi connectivity index (χ3v) is 2.64. The number of amides is 3. The Bertz CT molecular complexity index is 394. The van der Waals surface area contributed by atoms with Crippen molar-refractivity contribution in [2.75, 3.05) is 19.6 Å². The fourth-order valence-corrected chi connectivity index (χ4v) is 1.75. The first-order chi connectivity index (χ1) is 8.32. The van der Waals surface area contributed by atoms with Crippen LogP contribution in [0.5, 0.6) is 0 Å². The lowest BCUT2D eigenvalue weighted by Gasteiger charge is -2.30. The van der Waals surface area contributed by atoms with E-state index in [2.05, 4.69) is 0 Å². The number of carbonyl (C=O) groups excluding carboxylic acids is 2. The molecule has 18 heavy (non-hydrogen) atoms. The molecule has 8 heteroatoms. The highest BCUT2D eigenvalue weighted by Crippen LogP contribution is 2.12. The van der Waals surface area contributed by atoms with E-state index in [0.29, 0.717) is 4.90 Å². The Morgan fingerprint density at radius 2 is 1.94 bits per heavy atom. The maximum absolute atomic E-state index is 11.8. The summed E-state index contributed by atoms with van der Waals surface area (Å²) in [6.45, 7) is 0.649. The fraction of sp³-hybridized carbons (Fsp3) is 0.600. The van der Waals surface area contributed by atoms with Gasteiger partial charge in [-0.05, 0) is 0 Å². The normalized spacial score (nSPS) is 21.5. The molecule has 1 fully saturated rings. The SMILES string of the molecule is CC1CN(C(=O)O)C(=O)CCN(CC(=O)O)C1=O. The van der Waals surface area contributed by atoms with Crippen LogP contribution in [0.4, 0.5) is 4.79 Å². The Balaban J connectivity index is 2.85. The molecule has 1 aliphatic heterocycles. The van der Waals surface area contributed by atoms with Crippen molar-refractivity contribution in [1.82, 2.24) is 9.80 Å². The smallest absolute Gasteiger partial charge is 0.414 e. The average molecular weight is 258 g/mol. The van der Waals surface area contributed by atoms with Crippen molar-refractivity contribution < 1.29 is 29.4 Å². The summed E-state index contributed by atoms with van der Waals surface area (Å²) in [6.07, 6.45) is -1.59. The van der Waals surface area contributed by atoms with Crippen LogP contribution in [0, 0.1) is 5.92 Å². The Kier molecular flexibility index (Phi) is 4.24. The van der Waals surface area contributed by atoms with Crippen LogP contribution in [0.25, 0.3) is 0 Å². The topological polar surface area (TPSA) is 115 Å². The van der Waals surface area contributed by atoms with Crippen molar-refractivity contribution in [1.29, 1.82) is 0 Å². The third kappa shape index (κ3) is 3.19. The number of imide groups is 1. The van der Waals surface area contributed by atoms with Crippen LogP contribution < -0.4 is 0 Å². The minimum Gasteiger partial charge on any atom is -0.480 e. The molecule has 0 bridgehead atoms. The van der Waals surface area contributed by atoms with Crippen LogP contribution in [0.1, 0.15) is 13.3 Å². The first-order valence-corrected chi connectivity index (χ1v) is 5.36. The molecular weight excluding hydrogens is 244 g/mol. The van der Waals surface area contributed by atoms with Crippen molar-refractivity contribution in [3.8, 4) is 0 Å². The second kappa shape index (κ2) is 5.48. The largest absolute Gasteiger partial charge is 0.480 e. The molecule has 0 aromatic rings. The second-order valence-corrected chi connectivity index (χ2v) is 4.09. The molecule has 1 heterocycles. The zero-order valence-corrected chi connectivity index (χ0v) is 9.83. The summed E-state index contributed by atoms with van der Waals surface area (Å²) in [7, 11) is 0. The molecule has 1 rings (SSSR count). The number of hydrogen-bond acceptors (Lipinski definition) is 4. The highest BCUT2D eigenvalue weighted by molar-refractivity contribution is 5.93. The van der Waals surface area contributed by atoms with E-state index in [-0.39, 0.29) is 19.5 Å². The van der Waals surface area contributed by atoms with Crippen LogP contribution in [0.15, 0.2) is 0 Å². The summed E-state index contributed by atoms with van der Waals surface area (Å²) in [5.74, 6) is -3.00. The maximum atomic E-state index is 11.8. The number of hydrogen-bond donors (Lipinski definition) is 2. The molecule has 0 radical (unpaired) electrons. The maximum Gasteiger partial charge on any atom is 0.414 e. The molecule has 1 aliphatic rings. The standard InChI is InChI=1S/C10H14N2O6/c1-6-4-12(10(17)18)7(13)2-3-11(9(6)16)5-8(14)15/h6H,2-5H2,1H3,(H,14,15)(H,17,18). The minimum atomic E-state index is -1.40. The monoisotopic (exact) mass is 258 g/mol.